The normalized spacial score (nSPS) is 25.6. The van der Waals surface area contributed by atoms with Gasteiger partial charge in [-0.15, -0.1) is 5.10 Å². The van der Waals surface area contributed by atoms with E-state index in [-0.39, 0.29) is 24.4 Å². The minimum atomic E-state index is -0.311. The first-order valence-corrected chi connectivity index (χ1v) is 7.48. The summed E-state index contributed by atoms with van der Waals surface area (Å²) in [6.45, 7) is 6.56. The van der Waals surface area contributed by atoms with Crippen molar-refractivity contribution in [2.75, 3.05) is 0 Å². The van der Waals surface area contributed by atoms with E-state index in [0.717, 1.165) is 12.8 Å². The van der Waals surface area contributed by atoms with Gasteiger partial charge < -0.3 is 4.74 Å². The van der Waals surface area contributed by atoms with E-state index in [9.17, 15) is 4.79 Å². The van der Waals surface area contributed by atoms with E-state index in [4.69, 9.17) is 10.00 Å². The third-order valence-electron chi connectivity index (χ3n) is 4.17. The van der Waals surface area contributed by atoms with Crippen LogP contribution >= 0.6 is 0 Å². The highest BCUT2D eigenvalue weighted by molar-refractivity contribution is 5.69. The Hall–Kier alpha value is -1.90. The molecule has 6 nitrogen and oxygen atoms in total. The number of esters is 1. The van der Waals surface area contributed by atoms with Gasteiger partial charge in [-0.25, -0.2) is 9.67 Å². The minimum absolute atomic E-state index is 0.00434. The average molecular weight is 290 g/mol. The molecule has 0 radical (unpaired) electrons. The van der Waals surface area contributed by atoms with Gasteiger partial charge in [0.1, 0.15) is 25.0 Å². The highest BCUT2D eigenvalue weighted by Crippen LogP contribution is 2.35. The highest BCUT2D eigenvalue weighted by Gasteiger charge is 2.33. The molecule has 21 heavy (non-hydrogen) atoms. The molecular formula is C15H22N4O2. The lowest BCUT2D eigenvalue weighted by atomic mass is 9.75. The second kappa shape index (κ2) is 6.70. The molecule has 0 saturated heterocycles. The molecule has 3 atom stereocenters. The van der Waals surface area contributed by atoms with Gasteiger partial charge in [-0.3, -0.25) is 4.79 Å². The molecule has 6 heteroatoms. The molecule has 114 valence electrons. The summed E-state index contributed by atoms with van der Waals surface area (Å²) in [6, 6.07) is 1.83. The smallest absolute Gasteiger partial charge is 0.328 e. The first kappa shape index (κ1) is 15.5. The Labute approximate surface area is 125 Å². The van der Waals surface area contributed by atoms with Crippen molar-refractivity contribution >= 4 is 5.97 Å². The fourth-order valence-electron chi connectivity index (χ4n) is 3.01. The average Bonchev–Trinajstić information content (AvgIpc) is 2.85. The molecular weight excluding hydrogens is 268 g/mol. The van der Waals surface area contributed by atoms with Gasteiger partial charge in [0.2, 0.25) is 0 Å². The van der Waals surface area contributed by atoms with Gasteiger partial charge in [0.05, 0.1) is 0 Å². The number of ether oxygens (including phenoxy) is 1. The summed E-state index contributed by atoms with van der Waals surface area (Å²) in [6.07, 6.45) is 4.60. The van der Waals surface area contributed by atoms with Crippen molar-refractivity contribution in [3.05, 3.63) is 12.2 Å². The molecule has 0 bridgehead atoms. The topological polar surface area (TPSA) is 80.8 Å². The lowest BCUT2D eigenvalue weighted by molar-refractivity contribution is -0.156. The molecule has 0 spiro atoms. The zero-order chi connectivity index (χ0) is 15.4. The molecule has 1 aromatic rings. The van der Waals surface area contributed by atoms with E-state index in [1.165, 1.54) is 17.4 Å². The van der Waals surface area contributed by atoms with Crippen LogP contribution in [0.15, 0.2) is 6.33 Å². The van der Waals surface area contributed by atoms with Crippen molar-refractivity contribution in [1.29, 1.82) is 5.26 Å². The number of nitriles is 1. The van der Waals surface area contributed by atoms with Crippen molar-refractivity contribution in [1.82, 2.24) is 14.8 Å². The fraction of sp³-hybridized carbons (Fsp3) is 0.733. The van der Waals surface area contributed by atoms with E-state index in [1.807, 2.05) is 6.07 Å². The molecule has 0 aromatic carbocycles. The van der Waals surface area contributed by atoms with Crippen LogP contribution in [0.25, 0.3) is 0 Å². The van der Waals surface area contributed by atoms with E-state index in [1.54, 1.807) is 0 Å². The second-order valence-corrected chi connectivity index (χ2v) is 6.23. The van der Waals surface area contributed by atoms with Crippen LogP contribution in [0.3, 0.4) is 0 Å². The predicted molar refractivity (Wildman–Crippen MR) is 76.0 cm³/mol. The minimum Gasteiger partial charge on any atom is -0.461 e. The van der Waals surface area contributed by atoms with Crippen LogP contribution in [-0.4, -0.2) is 26.8 Å². The molecule has 0 amide bonds. The third kappa shape index (κ3) is 4.03. The summed E-state index contributed by atoms with van der Waals surface area (Å²) in [5, 5.41) is 12.5. The van der Waals surface area contributed by atoms with Gasteiger partial charge in [-0.1, -0.05) is 27.2 Å². The van der Waals surface area contributed by atoms with Crippen molar-refractivity contribution in [2.24, 2.45) is 17.8 Å². The Balaban J connectivity index is 1.95. The lowest BCUT2D eigenvalue weighted by Crippen LogP contribution is -2.36. The van der Waals surface area contributed by atoms with Gasteiger partial charge in [-0.05, 0) is 30.6 Å². The van der Waals surface area contributed by atoms with Gasteiger partial charge in [0.15, 0.2) is 0 Å². The Bertz CT molecular complexity index is 532. The van der Waals surface area contributed by atoms with Crippen molar-refractivity contribution in [2.45, 2.75) is 52.7 Å². The van der Waals surface area contributed by atoms with E-state index < -0.39 is 0 Å². The zero-order valence-corrected chi connectivity index (χ0v) is 12.8. The van der Waals surface area contributed by atoms with Crippen LogP contribution in [0.4, 0.5) is 0 Å². The molecule has 2 rings (SSSR count). The van der Waals surface area contributed by atoms with Gasteiger partial charge in [0.25, 0.3) is 5.82 Å². The lowest BCUT2D eigenvalue weighted by Gasteiger charge is -2.36. The zero-order valence-electron chi connectivity index (χ0n) is 12.8. The molecule has 0 aliphatic heterocycles. The molecule has 1 saturated carbocycles. The van der Waals surface area contributed by atoms with Crippen molar-refractivity contribution < 1.29 is 9.53 Å². The van der Waals surface area contributed by atoms with Crippen LogP contribution in [0.2, 0.25) is 0 Å². The van der Waals surface area contributed by atoms with Crippen LogP contribution in [0.1, 0.15) is 45.9 Å². The number of carbonyl (C=O) groups excluding carboxylic acids is 1. The highest BCUT2D eigenvalue weighted by atomic mass is 16.5. The fourth-order valence-corrected chi connectivity index (χ4v) is 3.01. The second-order valence-electron chi connectivity index (χ2n) is 6.23. The molecule has 1 heterocycles. The molecule has 1 aliphatic carbocycles. The van der Waals surface area contributed by atoms with Gasteiger partial charge in [-0.2, -0.15) is 5.26 Å². The number of hydrogen-bond donors (Lipinski definition) is 0. The number of rotatable bonds is 4. The standard InChI is InChI=1S/C15H22N4O2/c1-10(2)12-5-4-11(3)6-13(12)21-15(20)8-19-9-17-14(7-16)18-19/h9-13H,4-6,8H2,1-3H3/t11-,12+,13-/m1/s1. The number of aromatic nitrogens is 3. The Kier molecular flexibility index (Phi) is 4.94. The van der Waals surface area contributed by atoms with E-state index >= 15 is 0 Å². The maximum Gasteiger partial charge on any atom is 0.328 e. The summed E-state index contributed by atoms with van der Waals surface area (Å²) >= 11 is 0. The quantitative estimate of drug-likeness (QED) is 0.794. The summed E-state index contributed by atoms with van der Waals surface area (Å²) in [5.41, 5.74) is 0. The number of hydrogen-bond acceptors (Lipinski definition) is 5. The number of nitrogens with zero attached hydrogens (tertiary/aromatic N) is 4. The van der Waals surface area contributed by atoms with Gasteiger partial charge >= 0.3 is 5.97 Å². The maximum absolute atomic E-state index is 12.1. The first-order valence-electron chi connectivity index (χ1n) is 7.48. The summed E-state index contributed by atoms with van der Waals surface area (Å²) in [4.78, 5) is 15.8. The van der Waals surface area contributed by atoms with Crippen molar-refractivity contribution in [3.8, 4) is 6.07 Å². The monoisotopic (exact) mass is 290 g/mol. The summed E-state index contributed by atoms with van der Waals surface area (Å²) in [5.74, 6) is 1.28. The Morgan fingerprint density at radius 1 is 1.57 bits per heavy atom. The predicted octanol–water partition coefficient (Wildman–Crippen LogP) is 2.15. The first-order chi connectivity index (χ1) is 9.99. The van der Waals surface area contributed by atoms with Crippen molar-refractivity contribution in [3.63, 3.8) is 0 Å². The molecule has 1 aromatic heterocycles. The summed E-state index contributed by atoms with van der Waals surface area (Å²) < 4.78 is 7.02. The Morgan fingerprint density at radius 3 is 2.95 bits per heavy atom. The van der Waals surface area contributed by atoms with E-state index in [0.29, 0.717) is 17.8 Å². The van der Waals surface area contributed by atoms with E-state index in [2.05, 4.69) is 30.9 Å². The van der Waals surface area contributed by atoms with Gasteiger partial charge in [0, 0.05) is 0 Å². The van der Waals surface area contributed by atoms with Crippen LogP contribution in [0.5, 0.6) is 0 Å². The van der Waals surface area contributed by atoms with Crippen LogP contribution in [-0.2, 0) is 16.1 Å². The summed E-state index contributed by atoms with van der Waals surface area (Å²) in [7, 11) is 0. The van der Waals surface area contributed by atoms with Crippen LogP contribution in [0, 0.1) is 29.1 Å². The number of carbonyl (C=O) groups is 1. The SMILES string of the molecule is CC(C)[C@@H]1CC[C@@H](C)C[C@H]1OC(=O)Cn1cnc(C#N)n1. The third-order valence-corrected chi connectivity index (χ3v) is 4.17. The Morgan fingerprint density at radius 2 is 2.33 bits per heavy atom. The van der Waals surface area contributed by atoms with Crippen LogP contribution < -0.4 is 0 Å². The molecule has 1 aliphatic rings. The maximum atomic E-state index is 12.1. The molecule has 0 N–H and O–H groups in total. The largest absolute Gasteiger partial charge is 0.461 e. The molecule has 1 fully saturated rings. The molecule has 0 unspecified atom stereocenters.